The van der Waals surface area contributed by atoms with Crippen LogP contribution in [0, 0.1) is 6.92 Å². The van der Waals surface area contributed by atoms with Crippen molar-refractivity contribution in [3.63, 3.8) is 0 Å². The minimum atomic E-state index is -1.16. The van der Waals surface area contributed by atoms with E-state index in [0.29, 0.717) is 5.75 Å². The van der Waals surface area contributed by atoms with Crippen molar-refractivity contribution < 1.29 is 24.5 Å². The van der Waals surface area contributed by atoms with Gasteiger partial charge in [-0.25, -0.2) is 4.79 Å². The lowest BCUT2D eigenvalue weighted by Gasteiger charge is -2.13. The van der Waals surface area contributed by atoms with Crippen LogP contribution in [0.15, 0.2) is 24.3 Å². The summed E-state index contributed by atoms with van der Waals surface area (Å²) in [6.45, 7) is 1.77. The molecule has 0 aromatic heterocycles. The minimum Gasteiger partial charge on any atom is -0.493 e. The van der Waals surface area contributed by atoms with Gasteiger partial charge in [-0.2, -0.15) is 0 Å². The smallest absolute Gasteiger partial charge is 0.326 e. The van der Waals surface area contributed by atoms with Gasteiger partial charge in [0.1, 0.15) is 11.8 Å². The Labute approximate surface area is 117 Å². The number of hydrogen-bond donors (Lipinski definition) is 3. The van der Waals surface area contributed by atoms with Crippen LogP contribution >= 0.6 is 0 Å². The van der Waals surface area contributed by atoms with Crippen LogP contribution in [0.1, 0.15) is 18.4 Å². The highest BCUT2D eigenvalue weighted by molar-refractivity contribution is 5.83. The van der Waals surface area contributed by atoms with Crippen molar-refractivity contribution in [2.75, 3.05) is 13.2 Å². The van der Waals surface area contributed by atoms with E-state index >= 15 is 0 Å². The number of aliphatic hydroxyl groups is 1. The lowest BCUT2D eigenvalue weighted by molar-refractivity contribution is -0.142. The Morgan fingerprint density at radius 2 is 2.05 bits per heavy atom. The second-order valence-electron chi connectivity index (χ2n) is 4.33. The van der Waals surface area contributed by atoms with Crippen molar-refractivity contribution in [2.24, 2.45) is 0 Å². The van der Waals surface area contributed by atoms with Gasteiger partial charge in [0.15, 0.2) is 0 Å². The number of amides is 1. The molecule has 0 aliphatic rings. The van der Waals surface area contributed by atoms with Gasteiger partial charge in [0, 0.05) is 13.0 Å². The largest absolute Gasteiger partial charge is 0.493 e. The summed E-state index contributed by atoms with van der Waals surface area (Å²) in [6, 6.07) is 6.37. The maximum atomic E-state index is 11.6. The minimum absolute atomic E-state index is 0.0142. The molecule has 110 valence electrons. The average molecular weight is 281 g/mol. The number of carboxylic acid groups (broad SMARTS) is 1. The van der Waals surface area contributed by atoms with Crippen molar-refractivity contribution in [1.82, 2.24) is 5.32 Å². The number of aliphatic hydroxyl groups excluding tert-OH is 1. The Kier molecular flexibility index (Phi) is 6.52. The molecule has 3 N–H and O–H groups in total. The van der Waals surface area contributed by atoms with E-state index in [1.807, 2.05) is 25.1 Å². The number of hydrogen-bond acceptors (Lipinski definition) is 4. The maximum absolute atomic E-state index is 11.6. The summed E-state index contributed by atoms with van der Waals surface area (Å²) in [6.07, 6.45) is 0.0449. The molecule has 1 atom stereocenters. The van der Waals surface area contributed by atoms with Crippen LogP contribution in [-0.4, -0.2) is 41.3 Å². The molecular weight excluding hydrogens is 262 g/mol. The van der Waals surface area contributed by atoms with Gasteiger partial charge in [-0.1, -0.05) is 18.2 Å². The molecule has 1 aromatic carbocycles. The SMILES string of the molecule is Cc1ccccc1OCCC(=O)N[C@@H](CCO)C(=O)O. The molecule has 6 nitrogen and oxygen atoms in total. The predicted octanol–water partition coefficient (Wildman–Crippen LogP) is 0.716. The van der Waals surface area contributed by atoms with Gasteiger partial charge in [0.05, 0.1) is 13.0 Å². The fourth-order valence-corrected chi connectivity index (χ4v) is 1.63. The number of carbonyl (C=O) groups excluding carboxylic acids is 1. The highest BCUT2D eigenvalue weighted by Gasteiger charge is 2.18. The second kappa shape index (κ2) is 8.16. The number of carbonyl (C=O) groups is 2. The van der Waals surface area contributed by atoms with E-state index in [9.17, 15) is 9.59 Å². The molecule has 0 radical (unpaired) electrons. The van der Waals surface area contributed by atoms with Crippen molar-refractivity contribution in [1.29, 1.82) is 0 Å². The Morgan fingerprint density at radius 3 is 2.65 bits per heavy atom. The Bertz CT molecular complexity index is 461. The lowest BCUT2D eigenvalue weighted by Crippen LogP contribution is -2.41. The number of aryl methyl sites for hydroxylation is 1. The number of benzene rings is 1. The first kappa shape index (κ1) is 16.0. The van der Waals surface area contributed by atoms with Crippen LogP contribution in [0.2, 0.25) is 0 Å². The number of ether oxygens (including phenoxy) is 1. The van der Waals surface area contributed by atoms with Gasteiger partial charge in [0.2, 0.25) is 5.91 Å². The number of para-hydroxylation sites is 1. The fourth-order valence-electron chi connectivity index (χ4n) is 1.63. The van der Waals surface area contributed by atoms with Gasteiger partial charge in [-0.3, -0.25) is 4.79 Å². The van der Waals surface area contributed by atoms with Crippen molar-refractivity contribution in [3.8, 4) is 5.75 Å². The van der Waals surface area contributed by atoms with Gasteiger partial charge >= 0.3 is 5.97 Å². The third-order valence-corrected chi connectivity index (χ3v) is 2.73. The number of carboxylic acids is 1. The molecule has 6 heteroatoms. The van der Waals surface area contributed by atoms with Crippen LogP contribution in [0.25, 0.3) is 0 Å². The van der Waals surface area contributed by atoms with Crippen LogP contribution in [0.4, 0.5) is 0 Å². The van der Waals surface area contributed by atoms with E-state index in [0.717, 1.165) is 5.56 Å². The summed E-state index contributed by atoms with van der Waals surface area (Å²) in [5.74, 6) is -0.878. The fraction of sp³-hybridized carbons (Fsp3) is 0.429. The molecule has 0 saturated carbocycles. The number of aliphatic carboxylic acids is 1. The van der Waals surface area contributed by atoms with Gasteiger partial charge in [-0.15, -0.1) is 0 Å². The molecule has 0 fully saturated rings. The van der Waals surface area contributed by atoms with E-state index in [1.54, 1.807) is 6.07 Å². The Morgan fingerprint density at radius 1 is 1.35 bits per heavy atom. The molecule has 1 rings (SSSR count). The molecular formula is C14H19NO5. The van der Waals surface area contributed by atoms with E-state index in [2.05, 4.69) is 5.32 Å². The third-order valence-electron chi connectivity index (χ3n) is 2.73. The highest BCUT2D eigenvalue weighted by Crippen LogP contribution is 2.16. The summed E-state index contributed by atoms with van der Waals surface area (Å²) < 4.78 is 5.45. The zero-order chi connectivity index (χ0) is 15.0. The maximum Gasteiger partial charge on any atom is 0.326 e. The summed E-state index contributed by atoms with van der Waals surface area (Å²) in [4.78, 5) is 22.4. The van der Waals surface area contributed by atoms with E-state index in [4.69, 9.17) is 14.9 Å². The third kappa shape index (κ3) is 5.27. The van der Waals surface area contributed by atoms with Crippen LogP contribution in [0.3, 0.4) is 0 Å². The van der Waals surface area contributed by atoms with Gasteiger partial charge < -0.3 is 20.3 Å². The number of rotatable bonds is 8. The van der Waals surface area contributed by atoms with E-state index in [1.165, 1.54) is 0 Å². The summed E-state index contributed by atoms with van der Waals surface area (Å²) in [7, 11) is 0. The van der Waals surface area contributed by atoms with Crippen molar-refractivity contribution in [2.45, 2.75) is 25.8 Å². The zero-order valence-corrected chi connectivity index (χ0v) is 11.3. The van der Waals surface area contributed by atoms with Crippen LogP contribution in [-0.2, 0) is 9.59 Å². The topological polar surface area (TPSA) is 95.9 Å². The first-order chi connectivity index (χ1) is 9.54. The molecule has 0 aliphatic heterocycles. The van der Waals surface area contributed by atoms with Crippen LogP contribution < -0.4 is 10.1 Å². The van der Waals surface area contributed by atoms with E-state index in [-0.39, 0.29) is 26.1 Å². The molecule has 0 saturated heterocycles. The highest BCUT2D eigenvalue weighted by atomic mass is 16.5. The molecule has 0 aliphatic carbocycles. The normalized spacial score (nSPS) is 11.7. The first-order valence-electron chi connectivity index (χ1n) is 6.36. The number of nitrogens with one attached hydrogen (secondary N) is 1. The Hall–Kier alpha value is -2.08. The zero-order valence-electron chi connectivity index (χ0n) is 11.3. The second-order valence-corrected chi connectivity index (χ2v) is 4.33. The summed E-state index contributed by atoms with van der Waals surface area (Å²) >= 11 is 0. The van der Waals surface area contributed by atoms with Gasteiger partial charge in [0.25, 0.3) is 0 Å². The summed E-state index contributed by atoms with van der Waals surface area (Å²) in [5, 5.41) is 19.9. The van der Waals surface area contributed by atoms with Gasteiger partial charge in [-0.05, 0) is 18.6 Å². The molecule has 20 heavy (non-hydrogen) atoms. The summed E-state index contributed by atoms with van der Waals surface area (Å²) in [5.41, 5.74) is 0.969. The van der Waals surface area contributed by atoms with E-state index < -0.39 is 17.9 Å². The van der Waals surface area contributed by atoms with Crippen LogP contribution in [0.5, 0.6) is 5.75 Å². The molecule has 0 unspecified atom stereocenters. The lowest BCUT2D eigenvalue weighted by atomic mass is 10.2. The standard InChI is InChI=1S/C14H19NO5/c1-10-4-2-3-5-12(10)20-9-7-13(17)15-11(6-8-16)14(18)19/h2-5,11,16H,6-9H2,1H3,(H,15,17)(H,18,19)/t11-/m0/s1. The first-order valence-corrected chi connectivity index (χ1v) is 6.36. The molecule has 0 bridgehead atoms. The Balaban J connectivity index is 2.36. The monoisotopic (exact) mass is 281 g/mol. The van der Waals surface area contributed by atoms with Crippen molar-refractivity contribution >= 4 is 11.9 Å². The molecule has 0 heterocycles. The molecule has 1 aromatic rings. The molecule has 1 amide bonds. The average Bonchev–Trinajstić information content (AvgIpc) is 2.40. The molecule has 0 spiro atoms. The predicted molar refractivity (Wildman–Crippen MR) is 72.6 cm³/mol. The quantitative estimate of drug-likeness (QED) is 0.652. The van der Waals surface area contributed by atoms with Crippen molar-refractivity contribution in [3.05, 3.63) is 29.8 Å².